The van der Waals surface area contributed by atoms with E-state index in [9.17, 15) is 4.79 Å². The third-order valence-electron chi connectivity index (χ3n) is 6.94. The number of fused-ring (bicyclic) bond motifs is 2. The van der Waals surface area contributed by atoms with Crippen LogP contribution in [0, 0.1) is 11.8 Å². The topological polar surface area (TPSA) is 48.7 Å². The van der Waals surface area contributed by atoms with Crippen molar-refractivity contribution in [2.24, 2.45) is 11.8 Å². The van der Waals surface area contributed by atoms with E-state index in [-0.39, 0.29) is 5.91 Å². The van der Waals surface area contributed by atoms with Crippen LogP contribution in [0.3, 0.4) is 0 Å². The summed E-state index contributed by atoms with van der Waals surface area (Å²) in [6, 6.07) is 10.8. The Morgan fingerprint density at radius 2 is 1.89 bits per heavy atom. The molecule has 2 fully saturated rings. The molecule has 1 aromatic heterocycles. The zero-order valence-electron chi connectivity index (χ0n) is 16.6. The van der Waals surface area contributed by atoms with Crippen LogP contribution in [0.1, 0.15) is 41.4 Å². The fraction of sp³-hybridized carbons (Fsp3) is 0.522. The number of rotatable bonds is 3. The molecule has 148 valence electrons. The van der Waals surface area contributed by atoms with Crippen molar-refractivity contribution in [1.82, 2.24) is 10.2 Å². The maximum absolute atomic E-state index is 13.3. The number of para-hydroxylation sites is 1. The highest BCUT2D eigenvalue weighted by Crippen LogP contribution is 2.34. The van der Waals surface area contributed by atoms with Crippen molar-refractivity contribution in [1.29, 1.82) is 0 Å². The van der Waals surface area contributed by atoms with Gasteiger partial charge in [0.2, 0.25) is 0 Å². The molecular weight excluding hydrogens is 350 g/mol. The van der Waals surface area contributed by atoms with E-state index in [1.165, 1.54) is 11.3 Å². The van der Waals surface area contributed by atoms with E-state index >= 15 is 0 Å². The Kier molecular flexibility index (Phi) is 4.63. The molecule has 3 atom stereocenters. The summed E-state index contributed by atoms with van der Waals surface area (Å²) in [5.74, 6) is 2.38. The van der Waals surface area contributed by atoms with Gasteiger partial charge in [0, 0.05) is 24.8 Å². The summed E-state index contributed by atoms with van der Waals surface area (Å²) in [5.41, 5.74) is 3.38. The number of amides is 1. The number of benzene rings is 1. The van der Waals surface area contributed by atoms with Crippen molar-refractivity contribution < 1.29 is 9.21 Å². The number of anilines is 1. The molecule has 1 N–H and O–H groups in total. The molecule has 0 saturated carbocycles. The second kappa shape index (κ2) is 7.28. The minimum absolute atomic E-state index is 0.136. The van der Waals surface area contributed by atoms with Crippen molar-refractivity contribution in [2.45, 2.75) is 38.8 Å². The number of nitrogens with one attached hydrogen (secondary N) is 1. The smallest absolute Gasteiger partial charge is 0.257 e. The summed E-state index contributed by atoms with van der Waals surface area (Å²) >= 11 is 0. The maximum Gasteiger partial charge on any atom is 0.257 e. The third-order valence-corrected chi connectivity index (χ3v) is 6.94. The highest BCUT2D eigenvalue weighted by atomic mass is 16.3. The first-order valence-corrected chi connectivity index (χ1v) is 10.6. The van der Waals surface area contributed by atoms with Crippen molar-refractivity contribution >= 4 is 11.6 Å². The van der Waals surface area contributed by atoms with Gasteiger partial charge in [-0.2, -0.15) is 0 Å². The fourth-order valence-corrected chi connectivity index (χ4v) is 5.27. The first-order valence-electron chi connectivity index (χ1n) is 10.6. The molecule has 0 bridgehead atoms. The molecule has 4 heterocycles. The molecule has 1 amide bonds. The van der Waals surface area contributed by atoms with E-state index in [1.807, 2.05) is 11.0 Å². The molecule has 3 aliphatic rings. The van der Waals surface area contributed by atoms with E-state index in [0.29, 0.717) is 12.6 Å². The lowest BCUT2D eigenvalue weighted by Crippen LogP contribution is -2.34. The van der Waals surface area contributed by atoms with Crippen LogP contribution in [0.25, 0.3) is 0 Å². The monoisotopic (exact) mass is 379 g/mol. The lowest BCUT2D eigenvalue weighted by atomic mass is 9.92. The number of hydrogen-bond donors (Lipinski definition) is 1. The molecule has 2 saturated heterocycles. The van der Waals surface area contributed by atoms with Crippen LogP contribution >= 0.6 is 0 Å². The normalized spacial score (nSPS) is 26.8. The Morgan fingerprint density at radius 3 is 2.68 bits per heavy atom. The Morgan fingerprint density at radius 1 is 1.14 bits per heavy atom. The summed E-state index contributed by atoms with van der Waals surface area (Å²) in [7, 11) is 0. The first-order chi connectivity index (χ1) is 13.7. The van der Waals surface area contributed by atoms with E-state index < -0.39 is 0 Å². The van der Waals surface area contributed by atoms with Gasteiger partial charge in [-0.15, -0.1) is 0 Å². The number of nitrogens with zero attached hydrogens (tertiary/aromatic N) is 2. The zero-order valence-corrected chi connectivity index (χ0v) is 16.6. The van der Waals surface area contributed by atoms with Crippen molar-refractivity contribution in [2.75, 3.05) is 31.1 Å². The van der Waals surface area contributed by atoms with Crippen molar-refractivity contribution in [3.05, 3.63) is 53.5 Å². The van der Waals surface area contributed by atoms with E-state index in [1.54, 1.807) is 6.26 Å². The van der Waals surface area contributed by atoms with Gasteiger partial charge in [-0.3, -0.25) is 4.79 Å². The molecule has 5 heteroatoms. The van der Waals surface area contributed by atoms with Gasteiger partial charge in [0.15, 0.2) is 0 Å². The Labute approximate surface area is 166 Å². The molecule has 2 aromatic rings. The fourth-order valence-electron chi connectivity index (χ4n) is 5.27. The number of hydrogen-bond acceptors (Lipinski definition) is 4. The number of carbonyl (C=O) groups is 1. The average Bonchev–Trinajstić information content (AvgIpc) is 3.39. The van der Waals surface area contributed by atoms with Gasteiger partial charge in [0.05, 0.1) is 18.4 Å². The molecule has 3 aliphatic heterocycles. The number of carbonyl (C=O) groups excluding carboxylic acids is 1. The predicted octanol–water partition coefficient (Wildman–Crippen LogP) is 3.30. The van der Waals surface area contributed by atoms with E-state index in [2.05, 4.69) is 41.4 Å². The van der Waals surface area contributed by atoms with Gasteiger partial charge in [0.25, 0.3) is 5.91 Å². The lowest BCUT2D eigenvalue weighted by molar-refractivity contribution is 0.0756. The summed E-state index contributed by atoms with van der Waals surface area (Å²) in [6.45, 7) is 6.82. The van der Waals surface area contributed by atoms with Crippen LogP contribution < -0.4 is 10.2 Å². The van der Waals surface area contributed by atoms with E-state index in [4.69, 9.17) is 4.42 Å². The van der Waals surface area contributed by atoms with Crippen molar-refractivity contribution in [3.63, 3.8) is 0 Å². The van der Waals surface area contributed by atoms with Gasteiger partial charge >= 0.3 is 0 Å². The minimum Gasteiger partial charge on any atom is -0.467 e. The summed E-state index contributed by atoms with van der Waals surface area (Å²) in [6.07, 6.45) is 4.93. The molecule has 1 aromatic carbocycles. The lowest BCUT2D eigenvalue weighted by Gasteiger charge is -2.25. The highest BCUT2D eigenvalue weighted by Gasteiger charge is 2.33. The van der Waals surface area contributed by atoms with Crippen LogP contribution in [0.2, 0.25) is 0 Å². The highest BCUT2D eigenvalue weighted by molar-refractivity contribution is 5.95. The van der Waals surface area contributed by atoms with Crippen LogP contribution in [0.4, 0.5) is 5.69 Å². The summed E-state index contributed by atoms with van der Waals surface area (Å²) < 4.78 is 5.81. The molecule has 5 rings (SSSR count). The van der Waals surface area contributed by atoms with Gasteiger partial charge in [-0.25, -0.2) is 0 Å². The molecule has 28 heavy (non-hydrogen) atoms. The number of furan rings is 1. The average molecular weight is 380 g/mol. The Hall–Kier alpha value is -2.27. The minimum atomic E-state index is 0.136. The third kappa shape index (κ3) is 3.12. The van der Waals surface area contributed by atoms with Gasteiger partial charge in [-0.05, 0) is 68.8 Å². The zero-order chi connectivity index (χ0) is 19.1. The standard InChI is InChI=1S/C23H29N3O2/c1-16-12-17-4-2-3-5-21(17)26(16)15-22-20(8-11-28-22)23(27)25-9-6-18-13-24-14-19(18)7-10-25/h2-5,8,11,16,18-19,24H,6-7,9-10,12-15H2,1H3/t16?,18-,19+. The first kappa shape index (κ1) is 17.8. The van der Waals surface area contributed by atoms with Gasteiger partial charge in [-0.1, -0.05) is 18.2 Å². The van der Waals surface area contributed by atoms with Crippen LogP contribution in [0.15, 0.2) is 41.0 Å². The summed E-state index contributed by atoms with van der Waals surface area (Å²) in [5, 5.41) is 3.50. The van der Waals surface area contributed by atoms with Crippen LogP contribution in [-0.4, -0.2) is 43.0 Å². The van der Waals surface area contributed by atoms with Crippen molar-refractivity contribution in [3.8, 4) is 0 Å². The number of likely N-dealkylation sites (tertiary alicyclic amines) is 1. The maximum atomic E-state index is 13.3. The molecule has 0 radical (unpaired) electrons. The molecule has 1 unspecified atom stereocenters. The SMILES string of the molecule is CC1Cc2ccccc2N1Cc1occc1C(=O)N1CC[C@@H]2CNC[C@@H]2CC1. The second-order valence-corrected chi connectivity index (χ2v) is 8.62. The second-order valence-electron chi connectivity index (χ2n) is 8.62. The molecule has 0 aliphatic carbocycles. The quantitative estimate of drug-likeness (QED) is 0.889. The molecular formula is C23H29N3O2. The molecule has 0 spiro atoms. The predicted molar refractivity (Wildman–Crippen MR) is 109 cm³/mol. The van der Waals surface area contributed by atoms with Crippen LogP contribution in [0.5, 0.6) is 0 Å². The largest absolute Gasteiger partial charge is 0.467 e. The van der Waals surface area contributed by atoms with Crippen LogP contribution in [-0.2, 0) is 13.0 Å². The van der Waals surface area contributed by atoms with E-state index in [0.717, 1.165) is 68.6 Å². The summed E-state index contributed by atoms with van der Waals surface area (Å²) in [4.78, 5) is 17.7. The molecule has 5 nitrogen and oxygen atoms in total. The Balaban J connectivity index is 1.33. The Bertz CT molecular complexity index is 847. The van der Waals surface area contributed by atoms with Gasteiger partial charge in [0.1, 0.15) is 5.76 Å². The van der Waals surface area contributed by atoms with Gasteiger partial charge < -0.3 is 19.5 Å².